The van der Waals surface area contributed by atoms with Crippen molar-refractivity contribution < 1.29 is 4.74 Å². The molecule has 0 radical (unpaired) electrons. The Morgan fingerprint density at radius 1 is 1.13 bits per heavy atom. The minimum absolute atomic E-state index is 0.0108. The van der Waals surface area contributed by atoms with Gasteiger partial charge < -0.3 is 10.1 Å². The zero-order valence-electron chi connectivity index (χ0n) is 12.5. The number of fused-ring (bicyclic) bond motifs is 1. The zero-order chi connectivity index (χ0) is 15.5. The van der Waals surface area contributed by atoms with Crippen molar-refractivity contribution in [3.8, 4) is 11.3 Å². The molecule has 1 aromatic carbocycles. The molecule has 3 aromatic rings. The highest BCUT2D eigenvalue weighted by Crippen LogP contribution is 2.24. The molecule has 116 valence electrons. The van der Waals surface area contributed by atoms with Gasteiger partial charge in [-0.15, -0.1) is 5.10 Å². The van der Waals surface area contributed by atoms with Crippen LogP contribution in [0.4, 0.5) is 5.95 Å². The van der Waals surface area contributed by atoms with E-state index in [0.717, 1.165) is 17.0 Å². The maximum absolute atomic E-state index is 5.93. The summed E-state index contributed by atoms with van der Waals surface area (Å²) in [4.78, 5) is 8.28. The van der Waals surface area contributed by atoms with Crippen LogP contribution in [-0.4, -0.2) is 37.6 Å². The van der Waals surface area contributed by atoms with E-state index in [9.17, 15) is 0 Å². The normalized spacial score (nSPS) is 16.8. The molecule has 0 saturated carbocycles. The maximum Gasteiger partial charge on any atom is 0.222 e. The average Bonchev–Trinajstić information content (AvgIpc) is 3.05. The second kappa shape index (κ2) is 6.13. The van der Waals surface area contributed by atoms with Gasteiger partial charge in [-0.3, -0.25) is 0 Å². The average molecular weight is 308 g/mol. The molecule has 0 aliphatic carbocycles. The van der Waals surface area contributed by atoms with Gasteiger partial charge in [-0.2, -0.15) is 0 Å². The highest BCUT2D eigenvalue weighted by molar-refractivity contribution is 5.61. The predicted molar refractivity (Wildman–Crippen MR) is 84.6 cm³/mol. The van der Waals surface area contributed by atoms with Gasteiger partial charge >= 0.3 is 0 Å². The largest absolute Gasteiger partial charge is 0.368 e. The Balaban J connectivity index is 1.45. The predicted octanol–water partition coefficient (Wildman–Crippen LogP) is 1.75. The maximum atomic E-state index is 5.93. The minimum atomic E-state index is 0.0108. The summed E-state index contributed by atoms with van der Waals surface area (Å²) in [6, 6.07) is 11.8. The Morgan fingerprint density at radius 3 is 2.78 bits per heavy atom. The summed E-state index contributed by atoms with van der Waals surface area (Å²) in [7, 11) is 0. The van der Waals surface area contributed by atoms with Crippen LogP contribution in [0.2, 0.25) is 0 Å². The lowest BCUT2D eigenvalue weighted by molar-refractivity contribution is 0.00879. The Morgan fingerprint density at radius 2 is 1.96 bits per heavy atom. The molecule has 0 saturated heterocycles. The summed E-state index contributed by atoms with van der Waals surface area (Å²) in [6.07, 6.45) is 3.42. The monoisotopic (exact) mass is 308 g/mol. The van der Waals surface area contributed by atoms with Crippen molar-refractivity contribution in [3.63, 3.8) is 0 Å². The lowest BCUT2D eigenvalue weighted by Crippen LogP contribution is -2.33. The third-order valence-electron chi connectivity index (χ3n) is 3.77. The summed E-state index contributed by atoms with van der Waals surface area (Å²) in [5.74, 6) is 0.602. The molecule has 0 spiro atoms. The fourth-order valence-electron chi connectivity index (χ4n) is 2.60. The lowest BCUT2D eigenvalue weighted by Gasteiger charge is -2.24. The molecule has 4 rings (SSSR count). The Bertz CT molecular complexity index is 774. The van der Waals surface area contributed by atoms with Crippen molar-refractivity contribution in [2.75, 3.05) is 11.9 Å². The van der Waals surface area contributed by atoms with Crippen molar-refractivity contribution in [1.29, 1.82) is 0 Å². The molecule has 1 aliphatic heterocycles. The van der Waals surface area contributed by atoms with Gasteiger partial charge in [-0.1, -0.05) is 35.5 Å². The van der Waals surface area contributed by atoms with Gasteiger partial charge in [0.2, 0.25) is 5.95 Å². The van der Waals surface area contributed by atoms with Gasteiger partial charge in [0.05, 0.1) is 24.9 Å². The van der Waals surface area contributed by atoms with Crippen molar-refractivity contribution in [2.45, 2.75) is 19.3 Å². The number of ether oxygens (including phenoxy) is 1. The molecule has 0 bridgehead atoms. The molecular weight excluding hydrogens is 292 g/mol. The second-order valence-corrected chi connectivity index (χ2v) is 5.32. The summed E-state index contributed by atoms with van der Waals surface area (Å²) in [5.41, 5.74) is 2.97. The van der Waals surface area contributed by atoms with E-state index < -0.39 is 0 Å². The fourth-order valence-corrected chi connectivity index (χ4v) is 2.60. The first-order chi connectivity index (χ1) is 11.4. The first-order valence-electron chi connectivity index (χ1n) is 7.50. The van der Waals surface area contributed by atoms with Crippen LogP contribution in [0.1, 0.15) is 5.69 Å². The van der Waals surface area contributed by atoms with Crippen LogP contribution in [0, 0.1) is 0 Å². The summed E-state index contributed by atoms with van der Waals surface area (Å²) >= 11 is 0. The number of benzene rings is 1. The van der Waals surface area contributed by atoms with Crippen molar-refractivity contribution in [2.24, 2.45) is 0 Å². The molecule has 7 nitrogen and oxygen atoms in total. The van der Waals surface area contributed by atoms with Crippen LogP contribution < -0.4 is 5.32 Å². The molecule has 1 atom stereocenters. The van der Waals surface area contributed by atoms with E-state index in [4.69, 9.17) is 4.74 Å². The number of nitrogens with one attached hydrogen (secondary N) is 1. The molecule has 3 heterocycles. The van der Waals surface area contributed by atoms with Crippen LogP contribution in [0.25, 0.3) is 11.3 Å². The van der Waals surface area contributed by atoms with Crippen molar-refractivity contribution in [1.82, 2.24) is 25.0 Å². The number of aromatic nitrogens is 5. The third kappa shape index (κ3) is 2.91. The Kier molecular flexibility index (Phi) is 3.69. The van der Waals surface area contributed by atoms with Gasteiger partial charge in [-0.25, -0.2) is 14.6 Å². The molecule has 7 heteroatoms. The van der Waals surface area contributed by atoms with E-state index in [2.05, 4.69) is 25.6 Å². The SMILES string of the molecule is c1ccc(-c2nnn3c2COC(CNc2ncccn2)C3)cc1. The summed E-state index contributed by atoms with van der Waals surface area (Å²) < 4.78 is 7.85. The minimum Gasteiger partial charge on any atom is -0.368 e. The van der Waals surface area contributed by atoms with Crippen LogP contribution in [0.3, 0.4) is 0 Å². The van der Waals surface area contributed by atoms with Crippen molar-refractivity contribution >= 4 is 5.95 Å². The molecular formula is C16H16N6O. The van der Waals surface area contributed by atoms with Gasteiger partial charge in [0, 0.05) is 24.5 Å². The fraction of sp³-hybridized carbons (Fsp3) is 0.250. The molecule has 1 unspecified atom stereocenters. The number of hydrogen-bond donors (Lipinski definition) is 1. The highest BCUT2D eigenvalue weighted by Gasteiger charge is 2.24. The van der Waals surface area contributed by atoms with E-state index in [1.807, 2.05) is 35.0 Å². The number of anilines is 1. The standard InChI is InChI=1S/C16H16N6O/c1-2-5-12(6-3-1)15-14-11-23-13(10-22(14)21-20-15)9-19-16-17-7-4-8-18-16/h1-8,13H,9-11H2,(H,17,18,19). The molecule has 2 aromatic heterocycles. The number of nitrogens with zero attached hydrogens (tertiary/aromatic N) is 5. The topological polar surface area (TPSA) is 77.8 Å². The van der Waals surface area contributed by atoms with Crippen LogP contribution >= 0.6 is 0 Å². The van der Waals surface area contributed by atoms with Gasteiger partial charge in [-0.05, 0) is 6.07 Å². The van der Waals surface area contributed by atoms with Gasteiger partial charge in [0.15, 0.2) is 0 Å². The lowest BCUT2D eigenvalue weighted by atomic mass is 10.1. The number of hydrogen-bond acceptors (Lipinski definition) is 6. The molecule has 1 aliphatic rings. The highest BCUT2D eigenvalue weighted by atomic mass is 16.5. The molecule has 1 N–H and O–H groups in total. The van der Waals surface area contributed by atoms with Crippen LogP contribution in [0.5, 0.6) is 0 Å². The van der Waals surface area contributed by atoms with Crippen LogP contribution in [0.15, 0.2) is 48.8 Å². The van der Waals surface area contributed by atoms with Crippen molar-refractivity contribution in [3.05, 3.63) is 54.5 Å². The molecule has 0 fully saturated rings. The van der Waals surface area contributed by atoms with Gasteiger partial charge in [0.1, 0.15) is 5.69 Å². The van der Waals surface area contributed by atoms with E-state index >= 15 is 0 Å². The second-order valence-electron chi connectivity index (χ2n) is 5.32. The number of rotatable bonds is 4. The smallest absolute Gasteiger partial charge is 0.222 e. The third-order valence-corrected chi connectivity index (χ3v) is 3.77. The van der Waals surface area contributed by atoms with E-state index in [1.54, 1.807) is 18.5 Å². The first kappa shape index (κ1) is 13.8. The summed E-state index contributed by atoms with van der Waals surface area (Å²) in [6.45, 7) is 1.79. The summed E-state index contributed by atoms with van der Waals surface area (Å²) in [5, 5.41) is 11.7. The van der Waals surface area contributed by atoms with Gasteiger partial charge in [0.25, 0.3) is 0 Å². The Labute approximate surface area is 133 Å². The molecule has 23 heavy (non-hydrogen) atoms. The van der Waals surface area contributed by atoms with E-state index in [-0.39, 0.29) is 6.10 Å². The van der Waals surface area contributed by atoms with Crippen LogP contribution in [-0.2, 0) is 17.9 Å². The zero-order valence-corrected chi connectivity index (χ0v) is 12.5. The molecule has 0 amide bonds. The Hall–Kier alpha value is -2.80. The van der Waals surface area contributed by atoms with E-state index in [0.29, 0.717) is 25.6 Å². The first-order valence-corrected chi connectivity index (χ1v) is 7.50. The van der Waals surface area contributed by atoms with E-state index in [1.165, 1.54) is 0 Å². The quantitative estimate of drug-likeness (QED) is 0.791.